The van der Waals surface area contributed by atoms with Crippen LogP contribution in [0.2, 0.25) is 0 Å². The van der Waals surface area contributed by atoms with Gasteiger partial charge in [-0.15, -0.1) is 0 Å². The zero-order valence-electron chi connectivity index (χ0n) is 24.2. The third-order valence-corrected chi connectivity index (χ3v) is 9.73. The highest BCUT2D eigenvalue weighted by atomic mass is 16.6. The molecule has 1 aromatic carbocycles. The van der Waals surface area contributed by atoms with Crippen LogP contribution in [0.25, 0.3) is 0 Å². The molecular formula is C30H38N2O9. The summed E-state index contributed by atoms with van der Waals surface area (Å²) in [6.45, 7) is 7.28. The molecule has 2 aliphatic heterocycles. The number of carbonyl (C=O) groups excluding carboxylic acids is 3. The molecule has 1 aromatic rings. The first kappa shape index (κ1) is 28.0. The number of benzene rings is 1. The largest absolute Gasteiger partial charge is 0.493 e. The summed E-state index contributed by atoms with van der Waals surface area (Å²) in [7, 11) is 3.59. The van der Waals surface area contributed by atoms with Gasteiger partial charge in [0.25, 0.3) is 0 Å². The van der Waals surface area contributed by atoms with Crippen molar-refractivity contribution in [1.29, 1.82) is 0 Å². The van der Waals surface area contributed by atoms with Crippen molar-refractivity contribution in [3.63, 3.8) is 0 Å². The monoisotopic (exact) mass is 570 g/mol. The van der Waals surface area contributed by atoms with Crippen molar-refractivity contribution >= 4 is 17.8 Å². The van der Waals surface area contributed by atoms with Crippen LogP contribution in [0.1, 0.15) is 58.1 Å². The first-order valence-electron chi connectivity index (χ1n) is 14.2. The van der Waals surface area contributed by atoms with Gasteiger partial charge in [-0.3, -0.25) is 9.69 Å². The van der Waals surface area contributed by atoms with Gasteiger partial charge in [0.2, 0.25) is 5.91 Å². The molecule has 3 unspecified atom stereocenters. The van der Waals surface area contributed by atoms with Gasteiger partial charge in [0.15, 0.2) is 23.7 Å². The van der Waals surface area contributed by atoms with E-state index in [1.165, 1.54) is 13.8 Å². The van der Waals surface area contributed by atoms with E-state index in [-0.39, 0.29) is 36.0 Å². The average Bonchev–Trinajstić information content (AvgIpc) is 3.46. The SMILES string of the molecule is COc1ccc2c3c1OC1C(OC(=O)[C@H](C)OC(=O)[C@H](CC(C)C)NC(=O)[C@H](C)O)=CC[C@@]4(O)[C@@H]5N(C)CC25CC314. The van der Waals surface area contributed by atoms with E-state index in [0.29, 0.717) is 17.9 Å². The second kappa shape index (κ2) is 9.17. The van der Waals surface area contributed by atoms with E-state index >= 15 is 0 Å². The zero-order chi connectivity index (χ0) is 29.6. The normalized spacial score (nSPS) is 33.9. The summed E-state index contributed by atoms with van der Waals surface area (Å²) in [5.41, 5.74) is -0.0245. The Morgan fingerprint density at radius 1 is 1.20 bits per heavy atom. The van der Waals surface area contributed by atoms with Gasteiger partial charge in [-0.05, 0) is 57.4 Å². The van der Waals surface area contributed by atoms with Crippen LogP contribution < -0.4 is 14.8 Å². The Kier molecular flexibility index (Phi) is 6.26. The molecule has 3 N–H and O–H groups in total. The number of aliphatic hydroxyl groups excluding tert-OH is 1. The number of fused-ring (bicyclic) bond motifs is 1. The van der Waals surface area contributed by atoms with Crippen LogP contribution in [-0.2, 0) is 34.7 Å². The number of rotatable bonds is 9. The molecule has 0 aromatic heterocycles. The number of methoxy groups -OCH3 is 1. The summed E-state index contributed by atoms with van der Waals surface area (Å²) in [5, 5.41) is 24.4. The fraction of sp³-hybridized carbons (Fsp3) is 0.633. The first-order valence-corrected chi connectivity index (χ1v) is 14.2. The molecular weight excluding hydrogens is 532 g/mol. The predicted molar refractivity (Wildman–Crippen MR) is 144 cm³/mol. The lowest BCUT2D eigenvalue weighted by Gasteiger charge is -2.60. The molecule has 3 aliphatic carbocycles. The summed E-state index contributed by atoms with van der Waals surface area (Å²) in [6.07, 6.45) is -0.411. The van der Waals surface area contributed by atoms with Crippen molar-refractivity contribution in [2.24, 2.45) is 5.92 Å². The van der Waals surface area contributed by atoms with Crippen LogP contribution in [-0.4, -0.2) is 89.7 Å². The lowest BCUT2D eigenvalue weighted by atomic mass is 9.56. The summed E-state index contributed by atoms with van der Waals surface area (Å²) in [5.74, 6) is -0.857. The molecule has 41 heavy (non-hydrogen) atoms. The Hall–Kier alpha value is -3.15. The number of hydrogen-bond donors (Lipinski definition) is 3. The lowest BCUT2D eigenvalue weighted by Crippen LogP contribution is -2.74. The van der Waals surface area contributed by atoms with Crippen LogP contribution in [0, 0.1) is 5.92 Å². The van der Waals surface area contributed by atoms with E-state index in [1.807, 2.05) is 27.0 Å². The predicted octanol–water partition coefficient (Wildman–Crippen LogP) is 1.07. The molecule has 6 rings (SSSR count). The van der Waals surface area contributed by atoms with E-state index < -0.39 is 53.2 Å². The van der Waals surface area contributed by atoms with Crippen LogP contribution in [0.15, 0.2) is 24.0 Å². The number of aliphatic hydroxyl groups is 2. The lowest BCUT2D eigenvalue weighted by molar-refractivity contribution is -0.169. The molecule has 2 bridgehead atoms. The zero-order valence-corrected chi connectivity index (χ0v) is 24.2. The van der Waals surface area contributed by atoms with Crippen molar-refractivity contribution in [2.75, 3.05) is 20.7 Å². The third kappa shape index (κ3) is 3.58. The fourth-order valence-corrected chi connectivity index (χ4v) is 8.34. The van der Waals surface area contributed by atoms with Gasteiger partial charge in [0.05, 0.1) is 24.2 Å². The molecule has 0 radical (unpaired) electrons. The molecule has 11 heteroatoms. The highest BCUT2D eigenvalue weighted by Crippen LogP contribution is 2.77. The van der Waals surface area contributed by atoms with Crippen LogP contribution in [0.3, 0.4) is 0 Å². The number of ether oxygens (including phenoxy) is 4. The first-order chi connectivity index (χ1) is 19.3. The van der Waals surface area contributed by atoms with Gasteiger partial charge in [0.1, 0.15) is 17.9 Å². The Morgan fingerprint density at radius 2 is 1.93 bits per heavy atom. The second-order valence-corrected chi connectivity index (χ2v) is 12.7. The number of likely N-dealkylation sites (tertiary alicyclic amines) is 1. The summed E-state index contributed by atoms with van der Waals surface area (Å²) < 4.78 is 23.4. The topological polar surface area (TPSA) is 144 Å². The molecule has 11 nitrogen and oxygen atoms in total. The van der Waals surface area contributed by atoms with Crippen molar-refractivity contribution in [2.45, 2.75) is 93.8 Å². The van der Waals surface area contributed by atoms with E-state index in [1.54, 1.807) is 13.2 Å². The smallest absolute Gasteiger partial charge is 0.352 e. The van der Waals surface area contributed by atoms with Crippen molar-refractivity contribution in [1.82, 2.24) is 10.2 Å². The molecule has 2 heterocycles. The molecule has 1 saturated heterocycles. The maximum atomic E-state index is 13.3. The van der Waals surface area contributed by atoms with Gasteiger partial charge >= 0.3 is 11.9 Å². The van der Waals surface area contributed by atoms with Crippen LogP contribution in [0.4, 0.5) is 0 Å². The molecule has 8 atom stereocenters. The average molecular weight is 571 g/mol. The van der Waals surface area contributed by atoms with E-state index in [4.69, 9.17) is 18.9 Å². The third-order valence-electron chi connectivity index (χ3n) is 9.73. The van der Waals surface area contributed by atoms with Crippen LogP contribution in [0.5, 0.6) is 11.5 Å². The van der Waals surface area contributed by atoms with E-state index in [9.17, 15) is 24.6 Å². The van der Waals surface area contributed by atoms with Gasteiger partial charge in [-0.25, -0.2) is 9.59 Å². The summed E-state index contributed by atoms with van der Waals surface area (Å²) in [6, 6.07) is 2.85. The fourth-order valence-electron chi connectivity index (χ4n) is 8.34. The summed E-state index contributed by atoms with van der Waals surface area (Å²) in [4.78, 5) is 40.4. The molecule has 222 valence electrons. The minimum atomic E-state index is -1.30. The Morgan fingerprint density at radius 3 is 2.56 bits per heavy atom. The molecule has 2 spiro atoms. The molecule has 5 aliphatic rings. The van der Waals surface area contributed by atoms with Crippen molar-refractivity contribution in [3.05, 3.63) is 35.1 Å². The number of carbonyl (C=O) groups is 3. The van der Waals surface area contributed by atoms with Gasteiger partial charge in [-0.2, -0.15) is 0 Å². The van der Waals surface area contributed by atoms with Crippen molar-refractivity contribution in [3.8, 4) is 11.5 Å². The summed E-state index contributed by atoms with van der Waals surface area (Å²) >= 11 is 0. The Balaban J connectivity index is 1.24. The number of esters is 2. The number of nitrogens with one attached hydrogen (secondary N) is 1. The quantitative estimate of drug-likeness (QED) is 0.369. The molecule has 2 fully saturated rings. The number of likely N-dealkylation sites (N-methyl/N-ethyl adjacent to an activating group) is 1. The minimum absolute atomic E-state index is 0.0352. The van der Waals surface area contributed by atoms with Gasteiger partial charge in [-0.1, -0.05) is 19.9 Å². The maximum Gasteiger partial charge on any atom is 0.352 e. The Bertz CT molecular complexity index is 1360. The van der Waals surface area contributed by atoms with Crippen molar-refractivity contribution < 1.29 is 43.5 Å². The van der Waals surface area contributed by atoms with E-state index in [0.717, 1.165) is 17.7 Å². The highest BCUT2D eigenvalue weighted by molar-refractivity contribution is 5.88. The minimum Gasteiger partial charge on any atom is -0.493 e. The highest BCUT2D eigenvalue weighted by Gasteiger charge is 2.85. The van der Waals surface area contributed by atoms with Crippen LogP contribution >= 0.6 is 0 Å². The molecule has 1 saturated carbocycles. The second-order valence-electron chi connectivity index (χ2n) is 12.7. The van der Waals surface area contributed by atoms with E-state index in [2.05, 4.69) is 16.3 Å². The number of hydrogen-bond acceptors (Lipinski definition) is 10. The maximum absolute atomic E-state index is 13.3. The molecule has 1 amide bonds. The van der Waals surface area contributed by atoms with Gasteiger partial charge < -0.3 is 34.5 Å². The van der Waals surface area contributed by atoms with Gasteiger partial charge in [0, 0.05) is 23.9 Å². The number of nitrogens with zero attached hydrogens (tertiary/aromatic N) is 1. The standard InChI is InChI=1S/C30H38N2O9/c1-14(2)11-18(31-24(34)15(3)33)26(36)39-16(4)25(35)40-20-9-10-30(37)27-28(13-32(27)5)12-29(30)21-17(28)7-8-19(38-6)22(21)41-23(20)29/h7-9,14-16,18,23,27,33,37H,10-13H2,1-6H3,(H,31,34)/t15-,16-,18-,23?,27+,28?,29?,30+/m0/s1. The Labute approximate surface area is 238 Å². The number of amides is 1.